The molecule has 0 saturated carbocycles. The average molecular weight is 331 g/mol. The summed E-state index contributed by atoms with van der Waals surface area (Å²) in [5, 5.41) is 3.07. The molecule has 120 valence electrons. The number of rotatable bonds is 4. The molecule has 0 spiro atoms. The number of halogens is 6. The van der Waals surface area contributed by atoms with Gasteiger partial charge in [0.25, 0.3) is 0 Å². The van der Waals surface area contributed by atoms with Crippen molar-refractivity contribution in [3.05, 3.63) is 35.1 Å². The van der Waals surface area contributed by atoms with E-state index in [0.717, 1.165) is 12.1 Å². The average Bonchev–Trinajstić information content (AvgIpc) is 2.42. The number of benzene rings is 1. The molecular formula is C13H16ClF5N2. The minimum Gasteiger partial charge on any atom is -0.314 e. The van der Waals surface area contributed by atoms with Gasteiger partial charge in [0.2, 0.25) is 6.43 Å². The predicted molar refractivity (Wildman–Crippen MR) is 71.4 cm³/mol. The van der Waals surface area contributed by atoms with Gasteiger partial charge in [0.15, 0.2) is 17.5 Å². The Balaban J connectivity index is 0.00000220. The van der Waals surface area contributed by atoms with E-state index in [1.165, 1.54) is 0 Å². The highest BCUT2D eigenvalue weighted by Gasteiger charge is 2.27. The molecule has 2 nitrogen and oxygen atoms in total. The molecule has 1 N–H and O–H groups in total. The van der Waals surface area contributed by atoms with Gasteiger partial charge in [-0.1, -0.05) is 0 Å². The van der Waals surface area contributed by atoms with Crippen molar-refractivity contribution in [1.29, 1.82) is 0 Å². The van der Waals surface area contributed by atoms with Gasteiger partial charge in [-0.05, 0) is 17.7 Å². The molecule has 0 unspecified atom stereocenters. The quantitative estimate of drug-likeness (QED) is 0.674. The van der Waals surface area contributed by atoms with Gasteiger partial charge in [-0.25, -0.2) is 22.0 Å². The lowest BCUT2D eigenvalue weighted by molar-refractivity contribution is 0.0736. The molecule has 1 aromatic rings. The minimum absolute atomic E-state index is 0. The Morgan fingerprint density at radius 2 is 1.57 bits per heavy atom. The molecule has 8 heteroatoms. The van der Waals surface area contributed by atoms with Gasteiger partial charge in [-0.3, -0.25) is 4.90 Å². The molecule has 1 aromatic carbocycles. The Labute approximate surface area is 125 Å². The topological polar surface area (TPSA) is 15.3 Å². The molecule has 0 radical (unpaired) electrons. The molecule has 0 aliphatic carbocycles. The van der Waals surface area contributed by atoms with Crippen LogP contribution in [0.15, 0.2) is 12.1 Å². The van der Waals surface area contributed by atoms with Crippen molar-refractivity contribution >= 4 is 12.4 Å². The van der Waals surface area contributed by atoms with Crippen molar-refractivity contribution in [2.24, 2.45) is 0 Å². The van der Waals surface area contributed by atoms with Crippen molar-refractivity contribution in [2.45, 2.75) is 18.9 Å². The molecule has 0 aromatic heterocycles. The van der Waals surface area contributed by atoms with Gasteiger partial charge in [0.1, 0.15) is 0 Å². The fourth-order valence-corrected chi connectivity index (χ4v) is 2.43. The number of alkyl halides is 2. The van der Waals surface area contributed by atoms with Crippen LogP contribution in [0.25, 0.3) is 0 Å². The van der Waals surface area contributed by atoms with Crippen LogP contribution in [-0.2, 0) is 0 Å². The van der Waals surface area contributed by atoms with Crippen LogP contribution in [0.1, 0.15) is 18.0 Å². The van der Waals surface area contributed by atoms with Crippen molar-refractivity contribution in [3.63, 3.8) is 0 Å². The Bertz CT molecular complexity index is 443. The van der Waals surface area contributed by atoms with E-state index in [4.69, 9.17) is 0 Å². The molecule has 0 amide bonds. The van der Waals surface area contributed by atoms with Gasteiger partial charge in [0.05, 0.1) is 0 Å². The zero-order valence-corrected chi connectivity index (χ0v) is 11.9. The maximum Gasteiger partial charge on any atom is 0.240 e. The van der Waals surface area contributed by atoms with Crippen LogP contribution in [0.3, 0.4) is 0 Å². The first-order valence-electron chi connectivity index (χ1n) is 6.36. The fraction of sp³-hybridized carbons (Fsp3) is 0.538. The van der Waals surface area contributed by atoms with Crippen LogP contribution in [0.4, 0.5) is 22.0 Å². The van der Waals surface area contributed by atoms with Gasteiger partial charge in [-0.2, -0.15) is 0 Å². The van der Waals surface area contributed by atoms with Gasteiger partial charge in [0, 0.05) is 38.6 Å². The zero-order chi connectivity index (χ0) is 14.7. The fourth-order valence-electron chi connectivity index (χ4n) is 2.43. The van der Waals surface area contributed by atoms with E-state index in [0.29, 0.717) is 26.2 Å². The maximum absolute atomic E-state index is 13.3. The van der Waals surface area contributed by atoms with Crippen LogP contribution in [0, 0.1) is 17.5 Å². The first-order chi connectivity index (χ1) is 9.49. The number of hydrogen-bond donors (Lipinski definition) is 1. The van der Waals surface area contributed by atoms with Gasteiger partial charge < -0.3 is 5.32 Å². The smallest absolute Gasteiger partial charge is 0.240 e. The third kappa shape index (κ3) is 4.52. The van der Waals surface area contributed by atoms with Crippen molar-refractivity contribution in [1.82, 2.24) is 10.2 Å². The highest BCUT2D eigenvalue weighted by atomic mass is 35.5. The monoisotopic (exact) mass is 330 g/mol. The first-order valence-corrected chi connectivity index (χ1v) is 6.36. The second-order valence-electron chi connectivity index (χ2n) is 4.73. The van der Waals surface area contributed by atoms with Crippen molar-refractivity contribution in [3.8, 4) is 0 Å². The highest BCUT2D eigenvalue weighted by molar-refractivity contribution is 5.85. The standard InChI is InChI=1S/C13H15F5N2.ClH/c14-9-5-8(6-10(15)13(9)18)11(7-12(16)17)20-3-1-19-2-4-20;/h5-6,11-12,19H,1-4,7H2;1H/t11-;/m1./s1. The summed E-state index contributed by atoms with van der Waals surface area (Å²) in [5.74, 6) is -4.28. The van der Waals surface area contributed by atoms with E-state index in [2.05, 4.69) is 5.32 Å². The van der Waals surface area contributed by atoms with Crippen molar-refractivity contribution < 1.29 is 22.0 Å². The van der Waals surface area contributed by atoms with Gasteiger partial charge in [-0.15, -0.1) is 12.4 Å². The summed E-state index contributed by atoms with van der Waals surface area (Å²) in [6.07, 6.45) is -3.14. The van der Waals surface area contributed by atoms with E-state index in [1.807, 2.05) is 0 Å². The van der Waals surface area contributed by atoms with E-state index < -0.39 is 36.3 Å². The molecule has 1 saturated heterocycles. The summed E-state index contributed by atoms with van der Waals surface area (Å²) in [6.45, 7) is 2.23. The van der Waals surface area contributed by atoms with Gasteiger partial charge >= 0.3 is 0 Å². The van der Waals surface area contributed by atoms with E-state index in [1.54, 1.807) is 4.90 Å². The number of nitrogens with one attached hydrogen (secondary N) is 1. The summed E-state index contributed by atoms with van der Waals surface area (Å²) >= 11 is 0. The molecule has 0 bridgehead atoms. The lowest BCUT2D eigenvalue weighted by Crippen LogP contribution is -2.45. The summed E-state index contributed by atoms with van der Waals surface area (Å²) in [5.41, 5.74) is 0.0450. The van der Waals surface area contributed by atoms with Crippen LogP contribution in [-0.4, -0.2) is 37.5 Å². The lowest BCUT2D eigenvalue weighted by atomic mass is 10.0. The second kappa shape index (κ2) is 7.91. The normalized spacial score (nSPS) is 17.6. The molecule has 1 fully saturated rings. The Kier molecular flexibility index (Phi) is 6.83. The number of nitrogens with zero attached hydrogens (tertiary/aromatic N) is 1. The highest BCUT2D eigenvalue weighted by Crippen LogP contribution is 2.29. The number of hydrogen-bond acceptors (Lipinski definition) is 2. The molecule has 2 rings (SSSR count). The summed E-state index contributed by atoms with van der Waals surface area (Å²) in [7, 11) is 0. The summed E-state index contributed by atoms with van der Waals surface area (Å²) in [4.78, 5) is 1.73. The third-order valence-corrected chi connectivity index (χ3v) is 3.38. The molecule has 21 heavy (non-hydrogen) atoms. The van der Waals surface area contributed by atoms with Crippen LogP contribution in [0.5, 0.6) is 0 Å². The largest absolute Gasteiger partial charge is 0.314 e. The van der Waals surface area contributed by atoms with E-state index in [9.17, 15) is 22.0 Å². The Hall–Kier alpha value is -0.920. The van der Waals surface area contributed by atoms with Crippen LogP contribution in [0.2, 0.25) is 0 Å². The first kappa shape index (κ1) is 18.1. The van der Waals surface area contributed by atoms with Crippen LogP contribution < -0.4 is 5.32 Å². The van der Waals surface area contributed by atoms with Crippen LogP contribution >= 0.6 is 12.4 Å². The zero-order valence-electron chi connectivity index (χ0n) is 11.1. The molecule has 1 aliphatic rings. The predicted octanol–water partition coefficient (Wildman–Crippen LogP) is 3.13. The SMILES string of the molecule is Cl.Fc1cc([C@@H](CC(F)F)N2CCNCC2)cc(F)c1F. The minimum atomic E-state index is -2.61. The molecular weight excluding hydrogens is 315 g/mol. The molecule has 1 aliphatic heterocycles. The summed E-state index contributed by atoms with van der Waals surface area (Å²) in [6, 6.07) is 0.780. The Morgan fingerprint density at radius 1 is 1.05 bits per heavy atom. The van der Waals surface area contributed by atoms with E-state index in [-0.39, 0.29) is 18.0 Å². The Morgan fingerprint density at radius 3 is 2.05 bits per heavy atom. The maximum atomic E-state index is 13.3. The third-order valence-electron chi connectivity index (χ3n) is 3.38. The van der Waals surface area contributed by atoms with Crippen molar-refractivity contribution in [2.75, 3.05) is 26.2 Å². The molecule has 1 atom stereocenters. The molecule has 1 heterocycles. The van der Waals surface area contributed by atoms with E-state index >= 15 is 0 Å². The summed E-state index contributed by atoms with van der Waals surface area (Å²) < 4.78 is 64.9. The lowest BCUT2D eigenvalue weighted by Gasteiger charge is -2.35. The second-order valence-corrected chi connectivity index (χ2v) is 4.73. The number of piperazine rings is 1.